The van der Waals surface area contributed by atoms with Crippen molar-refractivity contribution in [2.45, 2.75) is 99.4 Å². The van der Waals surface area contributed by atoms with Crippen molar-refractivity contribution in [1.29, 1.82) is 0 Å². The molecule has 4 heterocycles. The summed E-state index contributed by atoms with van der Waals surface area (Å²) in [5.74, 6) is -6.27. The standard InChI is InChI=1S/C51H65N5O13/c1-24(2)23-55-16-18-56(19-17-55)32-21-33(58)39-35(22-32)68-48-40(52-39)36-37-44(61)30(8)47-38(36)49(54-64)51(10,69-47)66-20-15-34(65-11)27(5)46(67-31(9)57)29(7)43(60)28(6)42(59)25(3)13-12-14-26(4)50(63)53-41(48)45(37)62/h12-15,20-22,24-25,27-29,34,42-43,46,58-61,64H,16-19,23H2,1-11H3,(H,53,63)/b13-12+,20-15+,26-14-,54-49-/t25-,27+,28+,29+,34-,42-,43+,46+,51-/m0/s1. The first-order valence-electron chi connectivity index (χ1n) is 23.4. The summed E-state index contributed by atoms with van der Waals surface area (Å²) in [7, 11) is 1.45. The number of ether oxygens (including phenoxy) is 4. The van der Waals surface area contributed by atoms with Crippen molar-refractivity contribution in [2.75, 3.05) is 50.1 Å². The maximum atomic E-state index is 15.0. The SMILES string of the molecule is CO[C@H]1/C=C/O[C@@]2(C)Oc3c(C)c(O)c4c(=O)c(c5oc6cc(N7CCN(CC(C)C)CC7)cc(O)c6nc-5c4c3/C2=N/O)NC(=O)/C(C)=C\C=C\[C@H](C)[C@H](O)[C@@H](C)[C@@H](O)[C@@H](C)[C@H](OC(C)=O)[C@@H]1C. The third kappa shape index (κ3) is 9.59. The van der Waals surface area contributed by atoms with E-state index >= 15 is 0 Å². The number of piperazine rings is 1. The van der Waals surface area contributed by atoms with Crippen LogP contribution < -0.4 is 20.4 Å². The van der Waals surface area contributed by atoms with Crippen molar-refractivity contribution in [3.8, 4) is 28.7 Å². The van der Waals surface area contributed by atoms with E-state index in [4.69, 9.17) is 28.3 Å². The van der Waals surface area contributed by atoms with Crippen molar-refractivity contribution in [1.82, 2.24) is 9.88 Å². The second-order valence-corrected chi connectivity index (χ2v) is 19.3. The van der Waals surface area contributed by atoms with Crippen LogP contribution in [0.2, 0.25) is 0 Å². The number of rotatable bonds is 5. The summed E-state index contributed by atoms with van der Waals surface area (Å²) in [6.45, 7) is 21.0. The smallest absolute Gasteiger partial charge is 0.302 e. The number of carbonyl (C=O) groups excluding carboxylic acids is 2. The molecule has 2 aromatic carbocycles. The van der Waals surface area contributed by atoms with Crippen LogP contribution >= 0.6 is 0 Å². The molecule has 1 aliphatic carbocycles. The Morgan fingerprint density at radius 3 is 2.33 bits per heavy atom. The van der Waals surface area contributed by atoms with E-state index in [0.29, 0.717) is 24.7 Å². The Labute approximate surface area is 400 Å². The first kappa shape index (κ1) is 50.7. The lowest BCUT2D eigenvalue weighted by atomic mass is 9.78. The number of hydrogen-bond donors (Lipinski definition) is 6. The number of amides is 1. The van der Waals surface area contributed by atoms with Crippen LogP contribution in [0.1, 0.15) is 73.4 Å². The number of methoxy groups -OCH3 is 1. The van der Waals surface area contributed by atoms with Gasteiger partial charge < -0.3 is 59.2 Å². The lowest BCUT2D eigenvalue weighted by Crippen LogP contribution is -2.47. The number of fused-ring (bicyclic) bond motifs is 2. The molecule has 0 saturated carbocycles. The quantitative estimate of drug-likeness (QED) is 0.0415. The summed E-state index contributed by atoms with van der Waals surface area (Å²) in [5.41, 5.74) is -0.554. The zero-order chi connectivity index (χ0) is 50.4. The predicted octanol–water partition coefficient (Wildman–Crippen LogP) is 6.43. The van der Waals surface area contributed by atoms with Gasteiger partial charge in [-0.05, 0) is 25.8 Å². The first-order chi connectivity index (χ1) is 32.6. The van der Waals surface area contributed by atoms with Crippen molar-refractivity contribution < 1.29 is 58.6 Å². The van der Waals surface area contributed by atoms with E-state index in [0.717, 1.165) is 19.6 Å². The molecule has 0 spiro atoms. The van der Waals surface area contributed by atoms with Crippen LogP contribution in [-0.4, -0.2) is 123 Å². The minimum atomic E-state index is -1.93. The van der Waals surface area contributed by atoms with E-state index in [-0.39, 0.29) is 72.9 Å². The largest absolute Gasteiger partial charge is 0.507 e. The molecule has 69 heavy (non-hydrogen) atoms. The predicted molar refractivity (Wildman–Crippen MR) is 260 cm³/mol. The van der Waals surface area contributed by atoms with E-state index in [1.54, 1.807) is 52.0 Å². The zero-order valence-corrected chi connectivity index (χ0v) is 41.1. The Morgan fingerprint density at radius 1 is 1.00 bits per heavy atom. The van der Waals surface area contributed by atoms with Gasteiger partial charge in [-0.3, -0.25) is 19.3 Å². The van der Waals surface area contributed by atoms with Crippen LogP contribution in [0.3, 0.4) is 0 Å². The van der Waals surface area contributed by atoms with E-state index < -0.39 is 76.9 Å². The van der Waals surface area contributed by atoms with Crippen molar-refractivity contribution in [2.24, 2.45) is 34.7 Å². The van der Waals surface area contributed by atoms with Crippen molar-refractivity contribution in [3.63, 3.8) is 0 Å². The second-order valence-electron chi connectivity index (χ2n) is 19.3. The van der Waals surface area contributed by atoms with Crippen LogP contribution in [0.15, 0.2) is 62.6 Å². The van der Waals surface area contributed by atoms with Gasteiger partial charge in [-0.1, -0.05) is 64.9 Å². The lowest BCUT2D eigenvalue weighted by molar-refractivity contribution is -0.160. The second kappa shape index (κ2) is 20.0. The number of phenolic OH excluding ortho intramolecular Hbond substituents is 2. The van der Waals surface area contributed by atoms with E-state index in [1.807, 2.05) is 0 Å². The van der Waals surface area contributed by atoms with Gasteiger partial charge in [0.05, 0.1) is 35.5 Å². The highest BCUT2D eigenvalue weighted by molar-refractivity contribution is 6.24. The topological polar surface area (TPSA) is 246 Å². The molecule has 6 N–H and O–H groups in total. The van der Waals surface area contributed by atoms with Gasteiger partial charge in [0.25, 0.3) is 11.7 Å². The number of esters is 1. The Hall–Kier alpha value is -6.21. The summed E-state index contributed by atoms with van der Waals surface area (Å²) < 4.78 is 30.8. The fourth-order valence-electron chi connectivity index (χ4n) is 9.92. The number of aromatic nitrogens is 1. The van der Waals surface area contributed by atoms with Crippen molar-refractivity contribution in [3.05, 3.63) is 69.6 Å². The molecule has 0 unspecified atom stereocenters. The Bertz CT molecular complexity index is 2770. The minimum absolute atomic E-state index is 0.00713. The molecule has 18 heteroatoms. The Kier molecular flexibility index (Phi) is 14.7. The fraction of sp³-hybridized carbons (Fsp3) is 0.510. The molecular formula is C51H65N5O13. The molecule has 9 atom stereocenters. The molecule has 5 aliphatic rings. The number of nitrogens with one attached hydrogen (secondary N) is 1. The van der Waals surface area contributed by atoms with Crippen LogP contribution in [0.25, 0.3) is 33.3 Å². The third-order valence-corrected chi connectivity index (χ3v) is 13.9. The molecular weight excluding hydrogens is 891 g/mol. The average molecular weight is 956 g/mol. The van der Waals surface area contributed by atoms with Gasteiger partial charge in [0.15, 0.2) is 17.1 Å². The molecule has 0 aromatic heterocycles. The van der Waals surface area contributed by atoms with Crippen LogP contribution in [0.5, 0.6) is 17.2 Å². The van der Waals surface area contributed by atoms with Gasteiger partial charge in [0.1, 0.15) is 40.3 Å². The highest BCUT2D eigenvalue weighted by atomic mass is 16.7. The Morgan fingerprint density at radius 2 is 1.70 bits per heavy atom. The number of nitrogens with zero attached hydrogens (tertiary/aromatic N) is 4. The molecule has 1 saturated heterocycles. The lowest BCUT2D eigenvalue weighted by Gasteiger charge is -2.38. The summed E-state index contributed by atoms with van der Waals surface area (Å²) in [4.78, 5) is 50.9. The summed E-state index contributed by atoms with van der Waals surface area (Å²) in [5, 5.41) is 63.5. The van der Waals surface area contributed by atoms with Crippen LogP contribution in [0.4, 0.5) is 11.4 Å². The summed E-state index contributed by atoms with van der Waals surface area (Å²) in [6, 6.07) is 3.30. The number of allylic oxidation sites excluding steroid dienone is 2. The molecule has 4 aliphatic heterocycles. The number of carbonyl (C=O) groups is 2. The molecule has 2 aromatic rings. The van der Waals surface area contributed by atoms with Crippen LogP contribution in [-0.2, 0) is 23.8 Å². The molecule has 4 bridgehead atoms. The highest BCUT2D eigenvalue weighted by Crippen LogP contribution is 2.51. The molecule has 372 valence electrons. The molecule has 1 amide bonds. The number of hydrogen-bond acceptors (Lipinski definition) is 17. The van der Waals surface area contributed by atoms with E-state index in [2.05, 4.69) is 34.1 Å². The number of phenols is 2. The maximum Gasteiger partial charge on any atom is 0.302 e. The van der Waals surface area contributed by atoms with Gasteiger partial charge >= 0.3 is 5.97 Å². The highest BCUT2D eigenvalue weighted by Gasteiger charge is 2.49. The number of anilines is 2. The molecule has 0 radical (unpaired) electrons. The van der Waals surface area contributed by atoms with Gasteiger partial charge in [0.2, 0.25) is 5.43 Å². The molecule has 18 nitrogen and oxygen atoms in total. The molecule has 7 rings (SSSR count). The number of aliphatic hydroxyl groups excluding tert-OH is 2. The summed E-state index contributed by atoms with van der Waals surface area (Å²) in [6.07, 6.45) is 3.59. The van der Waals surface area contributed by atoms with E-state index in [1.165, 1.54) is 53.2 Å². The normalized spacial score (nSPS) is 29.8. The third-order valence-electron chi connectivity index (χ3n) is 13.9. The van der Waals surface area contributed by atoms with Crippen LogP contribution in [0, 0.1) is 36.5 Å². The first-order valence-corrected chi connectivity index (χ1v) is 23.4. The number of oxime groups is 1. The zero-order valence-electron chi connectivity index (χ0n) is 41.1. The Balaban J connectivity index is 1.44. The number of benzene rings is 3. The number of aliphatic hydroxyl groups is 2. The fourth-order valence-corrected chi connectivity index (χ4v) is 9.92. The van der Waals surface area contributed by atoms with Crippen molar-refractivity contribution >= 4 is 50.8 Å². The monoisotopic (exact) mass is 955 g/mol. The van der Waals surface area contributed by atoms with Gasteiger partial charge in [-0.2, -0.15) is 0 Å². The average Bonchev–Trinajstić information content (AvgIpc) is 3.61. The number of aromatic hydroxyl groups is 2. The van der Waals surface area contributed by atoms with E-state index in [9.17, 15) is 40.0 Å². The molecule has 1 fully saturated rings. The van der Waals surface area contributed by atoms with Gasteiger partial charge in [-0.25, -0.2) is 4.98 Å². The minimum Gasteiger partial charge on any atom is -0.507 e. The maximum absolute atomic E-state index is 15.0. The summed E-state index contributed by atoms with van der Waals surface area (Å²) >= 11 is 0. The van der Waals surface area contributed by atoms with Gasteiger partial charge in [0, 0.05) is 112 Å². The van der Waals surface area contributed by atoms with Gasteiger partial charge in [-0.15, -0.1) is 0 Å².